The van der Waals surface area contributed by atoms with Gasteiger partial charge in [0, 0.05) is 29.7 Å². The third-order valence-electron chi connectivity index (χ3n) is 2.60. The molecule has 3 rings (SSSR count). The number of nitrogens with zero attached hydrogens (tertiary/aromatic N) is 3. The van der Waals surface area contributed by atoms with Crippen molar-refractivity contribution in [3.05, 3.63) is 52.8 Å². The largest absolute Gasteiger partial charge is 0.339 e. The molecule has 0 radical (unpaired) electrons. The van der Waals surface area contributed by atoms with Gasteiger partial charge in [0.05, 0.1) is 3.57 Å². The minimum Gasteiger partial charge on any atom is -0.339 e. The fourth-order valence-electron chi connectivity index (χ4n) is 1.75. The number of rotatable bonds is 2. The van der Waals surface area contributed by atoms with Crippen LogP contribution < -0.4 is 5.32 Å². The minimum absolute atomic E-state index is 0.807. The third kappa shape index (κ3) is 2.13. The van der Waals surface area contributed by atoms with Crippen LogP contribution >= 0.6 is 22.6 Å². The summed E-state index contributed by atoms with van der Waals surface area (Å²) in [7, 11) is 0. The molecule has 0 atom stereocenters. The van der Waals surface area contributed by atoms with E-state index < -0.39 is 0 Å². The van der Waals surface area contributed by atoms with Gasteiger partial charge < -0.3 is 5.32 Å². The van der Waals surface area contributed by atoms with E-state index in [1.807, 2.05) is 24.4 Å². The molecule has 1 aromatic carbocycles. The van der Waals surface area contributed by atoms with Crippen molar-refractivity contribution < 1.29 is 0 Å². The predicted molar refractivity (Wildman–Crippen MR) is 79.8 cm³/mol. The maximum Gasteiger partial charge on any atom is 0.147 e. The first-order chi connectivity index (χ1) is 8.84. The van der Waals surface area contributed by atoms with Crippen LogP contribution in [0.5, 0.6) is 0 Å². The summed E-state index contributed by atoms with van der Waals surface area (Å²) in [5, 5.41) is 5.55. The van der Waals surface area contributed by atoms with Gasteiger partial charge in [-0.3, -0.25) is 4.98 Å². The molecule has 0 saturated heterocycles. The molecule has 0 spiro atoms. The SMILES string of the molecule is Ic1cncnc1Nc1cccc2ccncc12. The van der Waals surface area contributed by atoms with Crippen LogP contribution in [0.1, 0.15) is 0 Å². The highest BCUT2D eigenvalue weighted by atomic mass is 127. The van der Waals surface area contributed by atoms with Crippen molar-refractivity contribution in [1.82, 2.24) is 15.0 Å². The van der Waals surface area contributed by atoms with Gasteiger partial charge >= 0.3 is 0 Å². The Hall–Kier alpha value is -1.76. The molecule has 0 saturated carbocycles. The number of hydrogen-bond donors (Lipinski definition) is 1. The first-order valence-electron chi connectivity index (χ1n) is 5.40. The highest BCUT2D eigenvalue weighted by Gasteiger charge is 2.04. The Kier molecular flexibility index (Phi) is 3.06. The molecule has 0 bridgehead atoms. The van der Waals surface area contributed by atoms with Gasteiger partial charge in [0.25, 0.3) is 0 Å². The number of nitrogens with one attached hydrogen (secondary N) is 1. The van der Waals surface area contributed by atoms with Gasteiger partial charge in [0.15, 0.2) is 0 Å². The molecule has 3 aromatic rings. The normalized spacial score (nSPS) is 10.5. The van der Waals surface area contributed by atoms with E-state index in [0.717, 1.165) is 25.8 Å². The second-order valence-electron chi connectivity index (χ2n) is 3.75. The summed E-state index contributed by atoms with van der Waals surface area (Å²) >= 11 is 2.21. The van der Waals surface area contributed by atoms with Crippen molar-refractivity contribution in [2.24, 2.45) is 0 Å². The van der Waals surface area contributed by atoms with Crippen LogP contribution in [0, 0.1) is 3.57 Å². The molecule has 2 aromatic heterocycles. The molecule has 0 unspecified atom stereocenters. The average molecular weight is 348 g/mol. The van der Waals surface area contributed by atoms with Gasteiger partial charge in [-0.25, -0.2) is 9.97 Å². The number of benzene rings is 1. The van der Waals surface area contributed by atoms with E-state index >= 15 is 0 Å². The molecule has 4 nitrogen and oxygen atoms in total. The van der Waals surface area contributed by atoms with Crippen LogP contribution in [0.2, 0.25) is 0 Å². The standard InChI is InChI=1S/C13H9IN4/c14-11-7-16-8-17-13(11)18-12-3-1-2-9-4-5-15-6-10(9)12/h1-8H,(H,16,17,18). The highest BCUT2D eigenvalue weighted by molar-refractivity contribution is 14.1. The minimum atomic E-state index is 0.807. The summed E-state index contributed by atoms with van der Waals surface area (Å²) in [5.41, 5.74) is 0.997. The zero-order valence-corrected chi connectivity index (χ0v) is 11.5. The molecule has 0 amide bonds. The molecular weight excluding hydrogens is 339 g/mol. The first kappa shape index (κ1) is 11.3. The lowest BCUT2D eigenvalue weighted by Crippen LogP contribution is -1.97. The maximum absolute atomic E-state index is 4.23. The lowest BCUT2D eigenvalue weighted by molar-refractivity contribution is 1.15. The molecule has 2 heterocycles. The fourth-order valence-corrected chi connectivity index (χ4v) is 2.19. The predicted octanol–water partition coefficient (Wildman–Crippen LogP) is 3.37. The molecule has 0 fully saturated rings. The first-order valence-corrected chi connectivity index (χ1v) is 6.48. The quantitative estimate of drug-likeness (QED) is 0.722. The summed E-state index contributed by atoms with van der Waals surface area (Å²) in [6.45, 7) is 0. The summed E-state index contributed by atoms with van der Waals surface area (Å²) in [6.07, 6.45) is 6.96. The zero-order chi connectivity index (χ0) is 12.4. The van der Waals surface area contributed by atoms with Crippen molar-refractivity contribution >= 4 is 44.9 Å². The van der Waals surface area contributed by atoms with E-state index in [4.69, 9.17) is 0 Å². The van der Waals surface area contributed by atoms with E-state index in [0.29, 0.717) is 0 Å². The van der Waals surface area contributed by atoms with Crippen molar-refractivity contribution in [3.8, 4) is 0 Å². The van der Waals surface area contributed by atoms with Crippen LogP contribution in [0.15, 0.2) is 49.2 Å². The van der Waals surface area contributed by atoms with Crippen LogP contribution in [0.25, 0.3) is 10.8 Å². The van der Waals surface area contributed by atoms with Crippen LogP contribution in [-0.4, -0.2) is 15.0 Å². The number of anilines is 2. The summed E-state index contributed by atoms with van der Waals surface area (Å²) in [4.78, 5) is 12.4. The van der Waals surface area contributed by atoms with E-state index in [-0.39, 0.29) is 0 Å². The van der Waals surface area contributed by atoms with E-state index in [2.05, 4.69) is 48.9 Å². The number of hydrogen-bond acceptors (Lipinski definition) is 4. The van der Waals surface area contributed by atoms with Crippen molar-refractivity contribution in [3.63, 3.8) is 0 Å². The molecule has 18 heavy (non-hydrogen) atoms. The highest BCUT2D eigenvalue weighted by Crippen LogP contribution is 2.26. The summed E-state index contributed by atoms with van der Waals surface area (Å²) < 4.78 is 0.982. The van der Waals surface area contributed by atoms with E-state index in [9.17, 15) is 0 Å². The average Bonchev–Trinajstić information content (AvgIpc) is 2.42. The van der Waals surface area contributed by atoms with Gasteiger partial charge in [-0.1, -0.05) is 12.1 Å². The van der Waals surface area contributed by atoms with Gasteiger partial charge in [0.1, 0.15) is 12.1 Å². The van der Waals surface area contributed by atoms with Gasteiger partial charge in [0.2, 0.25) is 0 Å². The smallest absolute Gasteiger partial charge is 0.147 e. The van der Waals surface area contributed by atoms with E-state index in [1.165, 1.54) is 6.33 Å². The Morgan fingerprint density at radius 3 is 2.89 bits per heavy atom. The number of halogens is 1. The van der Waals surface area contributed by atoms with Gasteiger partial charge in [-0.15, -0.1) is 0 Å². The van der Waals surface area contributed by atoms with Crippen molar-refractivity contribution in [1.29, 1.82) is 0 Å². The molecule has 5 heteroatoms. The molecule has 0 aliphatic carbocycles. The number of fused-ring (bicyclic) bond motifs is 1. The lowest BCUT2D eigenvalue weighted by Gasteiger charge is -2.09. The third-order valence-corrected chi connectivity index (χ3v) is 3.39. The maximum atomic E-state index is 4.23. The van der Waals surface area contributed by atoms with E-state index in [1.54, 1.807) is 12.4 Å². The van der Waals surface area contributed by atoms with Gasteiger partial charge in [-0.2, -0.15) is 0 Å². The topological polar surface area (TPSA) is 50.7 Å². The van der Waals surface area contributed by atoms with Crippen LogP contribution in [-0.2, 0) is 0 Å². The zero-order valence-electron chi connectivity index (χ0n) is 9.34. The Balaban J connectivity index is 2.08. The Morgan fingerprint density at radius 1 is 1.06 bits per heavy atom. The van der Waals surface area contributed by atoms with Crippen molar-refractivity contribution in [2.45, 2.75) is 0 Å². The summed E-state index contributed by atoms with van der Waals surface area (Å²) in [6, 6.07) is 8.08. The van der Waals surface area contributed by atoms with Gasteiger partial charge in [-0.05, 0) is 40.1 Å². The second-order valence-corrected chi connectivity index (χ2v) is 4.91. The second kappa shape index (κ2) is 4.85. The monoisotopic (exact) mass is 348 g/mol. The fraction of sp³-hybridized carbons (Fsp3) is 0. The Bertz CT molecular complexity index is 694. The number of aromatic nitrogens is 3. The molecule has 0 aliphatic heterocycles. The van der Waals surface area contributed by atoms with Crippen LogP contribution in [0.4, 0.5) is 11.5 Å². The van der Waals surface area contributed by atoms with Crippen molar-refractivity contribution in [2.75, 3.05) is 5.32 Å². The number of pyridine rings is 1. The Morgan fingerprint density at radius 2 is 2.00 bits per heavy atom. The Labute approximate surface area is 118 Å². The molecule has 88 valence electrons. The van der Waals surface area contributed by atoms with Crippen LogP contribution in [0.3, 0.4) is 0 Å². The summed E-state index contributed by atoms with van der Waals surface area (Å²) in [5.74, 6) is 0.807. The lowest BCUT2D eigenvalue weighted by atomic mass is 10.1. The molecule has 1 N–H and O–H groups in total. The molecular formula is C13H9IN4. The molecule has 0 aliphatic rings.